The third kappa shape index (κ3) is 4.68. The molecule has 26 heavy (non-hydrogen) atoms. The molecule has 0 saturated heterocycles. The Balaban J connectivity index is 1.70. The monoisotopic (exact) mass is 385 g/mol. The van der Waals surface area contributed by atoms with E-state index in [1.807, 2.05) is 22.8 Å². The van der Waals surface area contributed by atoms with Crippen LogP contribution in [-0.2, 0) is 18.9 Å². The minimum absolute atomic E-state index is 0.341. The van der Waals surface area contributed by atoms with Gasteiger partial charge in [-0.05, 0) is 42.3 Å². The average Bonchev–Trinajstić information content (AvgIpc) is 3.03. The van der Waals surface area contributed by atoms with Gasteiger partial charge in [-0.2, -0.15) is 0 Å². The van der Waals surface area contributed by atoms with Gasteiger partial charge in [0.2, 0.25) is 0 Å². The summed E-state index contributed by atoms with van der Waals surface area (Å²) in [4.78, 5) is 0. The van der Waals surface area contributed by atoms with Crippen LogP contribution < -0.4 is 4.74 Å². The first kappa shape index (κ1) is 18.5. The van der Waals surface area contributed by atoms with Crippen molar-refractivity contribution in [2.45, 2.75) is 31.0 Å². The quantitative estimate of drug-likeness (QED) is 0.390. The van der Waals surface area contributed by atoms with E-state index in [-0.39, 0.29) is 0 Å². The van der Waals surface area contributed by atoms with Crippen LogP contribution in [0.4, 0.5) is 0 Å². The molecule has 1 aromatic heterocycles. The highest BCUT2D eigenvalue weighted by molar-refractivity contribution is 7.98. The van der Waals surface area contributed by atoms with Crippen molar-refractivity contribution in [1.82, 2.24) is 14.8 Å². The van der Waals surface area contributed by atoms with Crippen LogP contribution in [0.3, 0.4) is 0 Å². The number of halogens is 1. The fourth-order valence-electron chi connectivity index (χ4n) is 2.44. The van der Waals surface area contributed by atoms with Gasteiger partial charge in [-0.3, -0.25) is 4.57 Å². The summed E-state index contributed by atoms with van der Waals surface area (Å²) < 4.78 is 7.84. The van der Waals surface area contributed by atoms with Gasteiger partial charge in [-0.1, -0.05) is 53.7 Å². The Bertz CT molecular complexity index is 877. The molecule has 4 nitrogen and oxygen atoms in total. The fourth-order valence-corrected chi connectivity index (χ4v) is 3.61. The number of benzene rings is 2. The van der Waals surface area contributed by atoms with Crippen molar-refractivity contribution >= 4 is 23.4 Å². The Morgan fingerprint density at radius 3 is 2.65 bits per heavy atom. The second kappa shape index (κ2) is 8.92. The molecule has 0 aliphatic rings. The maximum Gasteiger partial charge on any atom is 0.191 e. The minimum Gasteiger partial charge on any atom is -0.486 e. The molecule has 6 heteroatoms. The molecule has 2 aromatic carbocycles. The number of aromatic nitrogens is 3. The highest BCUT2D eigenvalue weighted by Gasteiger charge is 2.13. The molecule has 0 aliphatic heterocycles. The molecule has 0 aliphatic carbocycles. The van der Waals surface area contributed by atoms with Gasteiger partial charge in [-0.15, -0.1) is 16.8 Å². The van der Waals surface area contributed by atoms with Crippen LogP contribution in [-0.4, -0.2) is 14.8 Å². The van der Waals surface area contributed by atoms with Crippen molar-refractivity contribution < 1.29 is 4.74 Å². The summed E-state index contributed by atoms with van der Waals surface area (Å²) in [5, 5.41) is 10.2. The lowest BCUT2D eigenvalue weighted by Crippen LogP contribution is -2.07. The average molecular weight is 386 g/mol. The standard InChI is InChI=1S/C20H20ClN3OS/c1-3-12-24-19(13-25-18-10-8-17(21)9-11-18)22-23-20(24)26-14-16-7-5-4-6-15(16)2/h3-11H,1,12-14H2,2H3. The summed E-state index contributed by atoms with van der Waals surface area (Å²) in [6, 6.07) is 15.6. The Kier molecular flexibility index (Phi) is 6.36. The zero-order valence-electron chi connectivity index (χ0n) is 14.6. The number of ether oxygens (including phenoxy) is 1. The van der Waals surface area contributed by atoms with Crippen LogP contribution in [0.5, 0.6) is 5.75 Å². The van der Waals surface area contributed by atoms with E-state index in [1.165, 1.54) is 11.1 Å². The van der Waals surface area contributed by atoms with Crippen molar-refractivity contribution in [2.24, 2.45) is 0 Å². The molecular weight excluding hydrogens is 366 g/mol. The molecular formula is C20H20ClN3OS. The highest BCUT2D eigenvalue weighted by atomic mass is 35.5. The van der Waals surface area contributed by atoms with Gasteiger partial charge < -0.3 is 4.74 Å². The topological polar surface area (TPSA) is 39.9 Å². The van der Waals surface area contributed by atoms with Crippen LogP contribution >= 0.6 is 23.4 Å². The molecule has 3 rings (SSSR count). The zero-order valence-corrected chi connectivity index (χ0v) is 16.1. The number of aryl methyl sites for hydroxylation is 1. The van der Waals surface area contributed by atoms with E-state index >= 15 is 0 Å². The summed E-state index contributed by atoms with van der Waals surface area (Å²) in [6.45, 7) is 6.94. The van der Waals surface area contributed by atoms with Gasteiger partial charge in [0.15, 0.2) is 11.0 Å². The molecule has 0 bridgehead atoms. The Morgan fingerprint density at radius 1 is 1.15 bits per heavy atom. The summed E-state index contributed by atoms with van der Waals surface area (Å²) >= 11 is 7.57. The van der Waals surface area contributed by atoms with E-state index in [2.05, 4.69) is 48.0 Å². The van der Waals surface area contributed by atoms with Crippen LogP contribution in [0.15, 0.2) is 66.3 Å². The van der Waals surface area contributed by atoms with E-state index in [1.54, 1.807) is 23.9 Å². The third-order valence-electron chi connectivity index (χ3n) is 3.90. The lowest BCUT2D eigenvalue weighted by Gasteiger charge is -2.10. The molecule has 0 atom stereocenters. The van der Waals surface area contributed by atoms with Crippen LogP contribution in [0.1, 0.15) is 17.0 Å². The second-order valence-corrected chi connectivity index (χ2v) is 7.13. The summed E-state index contributed by atoms with van der Waals surface area (Å²) in [5.41, 5.74) is 2.57. The molecule has 0 radical (unpaired) electrons. The number of allylic oxidation sites excluding steroid dienone is 1. The van der Waals surface area contributed by atoms with Crippen LogP contribution in [0.2, 0.25) is 5.02 Å². The molecule has 0 amide bonds. The Morgan fingerprint density at radius 2 is 1.92 bits per heavy atom. The van der Waals surface area contributed by atoms with E-state index in [0.29, 0.717) is 18.2 Å². The predicted molar refractivity (Wildman–Crippen MR) is 107 cm³/mol. The van der Waals surface area contributed by atoms with Gasteiger partial charge in [0.05, 0.1) is 0 Å². The van der Waals surface area contributed by atoms with Gasteiger partial charge in [0.1, 0.15) is 12.4 Å². The van der Waals surface area contributed by atoms with Crippen LogP contribution in [0, 0.1) is 6.92 Å². The number of hydrogen-bond donors (Lipinski definition) is 0. The van der Waals surface area contributed by atoms with Gasteiger partial charge >= 0.3 is 0 Å². The predicted octanol–water partition coefficient (Wildman–Crippen LogP) is 5.30. The smallest absolute Gasteiger partial charge is 0.191 e. The normalized spacial score (nSPS) is 10.7. The van der Waals surface area contributed by atoms with E-state index < -0.39 is 0 Å². The molecule has 0 fully saturated rings. The zero-order chi connectivity index (χ0) is 18.4. The molecule has 0 saturated carbocycles. The van der Waals surface area contributed by atoms with Gasteiger partial charge in [-0.25, -0.2) is 0 Å². The summed E-state index contributed by atoms with van der Waals surface area (Å²) in [7, 11) is 0. The van der Waals surface area contributed by atoms with E-state index in [4.69, 9.17) is 16.3 Å². The largest absolute Gasteiger partial charge is 0.486 e. The van der Waals surface area contributed by atoms with Crippen molar-refractivity contribution in [3.05, 3.63) is 83.2 Å². The maximum atomic E-state index is 5.90. The maximum absolute atomic E-state index is 5.90. The third-order valence-corrected chi connectivity index (χ3v) is 5.17. The van der Waals surface area contributed by atoms with Crippen molar-refractivity contribution in [2.75, 3.05) is 0 Å². The Labute approximate surface area is 162 Å². The molecule has 134 valence electrons. The number of nitrogens with zero attached hydrogens (tertiary/aromatic N) is 3. The lowest BCUT2D eigenvalue weighted by molar-refractivity contribution is 0.289. The number of hydrogen-bond acceptors (Lipinski definition) is 4. The molecule has 0 spiro atoms. The first-order valence-electron chi connectivity index (χ1n) is 8.26. The van der Waals surface area contributed by atoms with Gasteiger partial charge in [0.25, 0.3) is 0 Å². The first-order chi connectivity index (χ1) is 12.7. The molecule has 1 heterocycles. The van der Waals surface area contributed by atoms with Gasteiger partial charge in [0, 0.05) is 17.3 Å². The number of rotatable bonds is 8. The fraction of sp³-hybridized carbons (Fsp3) is 0.200. The van der Waals surface area contributed by atoms with Crippen molar-refractivity contribution in [1.29, 1.82) is 0 Å². The highest BCUT2D eigenvalue weighted by Crippen LogP contribution is 2.24. The number of thioether (sulfide) groups is 1. The molecule has 0 unspecified atom stereocenters. The summed E-state index contributed by atoms with van der Waals surface area (Å²) in [6.07, 6.45) is 1.84. The van der Waals surface area contributed by atoms with E-state index in [0.717, 1.165) is 22.5 Å². The lowest BCUT2D eigenvalue weighted by atomic mass is 10.1. The van der Waals surface area contributed by atoms with Crippen molar-refractivity contribution in [3.63, 3.8) is 0 Å². The Hall–Kier alpha value is -2.24. The molecule has 0 N–H and O–H groups in total. The second-order valence-electron chi connectivity index (χ2n) is 5.76. The van der Waals surface area contributed by atoms with E-state index in [9.17, 15) is 0 Å². The summed E-state index contributed by atoms with van der Waals surface area (Å²) in [5.74, 6) is 2.36. The van der Waals surface area contributed by atoms with Crippen molar-refractivity contribution in [3.8, 4) is 5.75 Å². The molecule has 3 aromatic rings. The van der Waals surface area contributed by atoms with Crippen LogP contribution in [0.25, 0.3) is 0 Å². The SMILES string of the molecule is C=CCn1c(COc2ccc(Cl)cc2)nnc1SCc1ccccc1C. The first-order valence-corrected chi connectivity index (χ1v) is 9.62. The minimum atomic E-state index is 0.341.